The van der Waals surface area contributed by atoms with Crippen LogP contribution in [-0.4, -0.2) is 6.29 Å². The largest absolute Gasteiger partial charge is 0.302 e. The van der Waals surface area contributed by atoms with Crippen molar-refractivity contribution >= 4 is 6.29 Å². The Morgan fingerprint density at radius 1 is 1.21 bits per heavy atom. The first-order chi connectivity index (χ1) is 6.83. The van der Waals surface area contributed by atoms with Crippen LogP contribution in [0.2, 0.25) is 0 Å². The Labute approximate surface area is 87.6 Å². The average molecular weight is 194 g/mol. The molecule has 1 heteroatoms. The van der Waals surface area contributed by atoms with E-state index in [0.29, 0.717) is 0 Å². The van der Waals surface area contributed by atoms with Crippen molar-refractivity contribution < 1.29 is 4.79 Å². The minimum absolute atomic E-state index is 0.0913. The molecule has 0 radical (unpaired) electrons. The lowest BCUT2D eigenvalue weighted by Gasteiger charge is -2.28. The van der Waals surface area contributed by atoms with Gasteiger partial charge in [0.2, 0.25) is 0 Å². The molecule has 1 rings (SSSR count). The molecule has 0 unspecified atom stereocenters. The van der Waals surface area contributed by atoms with E-state index in [1.165, 1.54) is 38.4 Å². The molecule has 80 valence electrons. The molecule has 0 bridgehead atoms. The predicted molar refractivity (Wildman–Crippen MR) is 60.2 cm³/mol. The molecule has 1 nitrogen and oxygen atoms in total. The van der Waals surface area contributed by atoms with Crippen LogP contribution in [0.4, 0.5) is 0 Å². The van der Waals surface area contributed by atoms with Crippen molar-refractivity contribution in [3.8, 4) is 0 Å². The first-order valence-electron chi connectivity index (χ1n) is 5.97. The standard InChI is InChI=1S/C13H22O/c1-2-3-4-6-9-13(12-14)10-7-5-8-11-13/h6,9,12H,2-5,7-8,10-11H2,1H3. The molecule has 14 heavy (non-hydrogen) atoms. The van der Waals surface area contributed by atoms with Crippen molar-refractivity contribution in [2.75, 3.05) is 0 Å². The van der Waals surface area contributed by atoms with Crippen LogP contribution in [0.25, 0.3) is 0 Å². The van der Waals surface area contributed by atoms with Gasteiger partial charge in [0.1, 0.15) is 6.29 Å². The summed E-state index contributed by atoms with van der Waals surface area (Å²) in [5.74, 6) is 0. The summed E-state index contributed by atoms with van der Waals surface area (Å²) in [6.45, 7) is 2.20. The maximum absolute atomic E-state index is 11.1. The van der Waals surface area contributed by atoms with E-state index < -0.39 is 0 Å². The Hall–Kier alpha value is -0.590. The van der Waals surface area contributed by atoms with Crippen LogP contribution in [0.5, 0.6) is 0 Å². The summed E-state index contributed by atoms with van der Waals surface area (Å²) >= 11 is 0. The molecule has 0 aromatic heterocycles. The molecule has 1 saturated carbocycles. The molecule has 0 spiro atoms. The lowest BCUT2D eigenvalue weighted by molar-refractivity contribution is -0.115. The van der Waals surface area contributed by atoms with Crippen molar-refractivity contribution in [1.82, 2.24) is 0 Å². The van der Waals surface area contributed by atoms with Gasteiger partial charge < -0.3 is 4.79 Å². The first kappa shape index (κ1) is 11.5. The van der Waals surface area contributed by atoms with Gasteiger partial charge in [-0.25, -0.2) is 0 Å². The number of unbranched alkanes of at least 4 members (excludes halogenated alkanes) is 2. The first-order valence-corrected chi connectivity index (χ1v) is 5.97. The molecule has 0 heterocycles. The van der Waals surface area contributed by atoms with Crippen LogP contribution in [0.3, 0.4) is 0 Å². The van der Waals surface area contributed by atoms with Crippen molar-refractivity contribution in [3.63, 3.8) is 0 Å². The third kappa shape index (κ3) is 3.28. The molecule has 0 amide bonds. The lowest BCUT2D eigenvalue weighted by atomic mass is 9.75. The van der Waals surface area contributed by atoms with E-state index in [0.717, 1.165) is 19.3 Å². The van der Waals surface area contributed by atoms with Crippen molar-refractivity contribution in [2.24, 2.45) is 5.41 Å². The molecular weight excluding hydrogens is 172 g/mol. The second kappa shape index (κ2) is 6.00. The third-order valence-corrected chi connectivity index (χ3v) is 3.19. The number of allylic oxidation sites excluding steroid dienone is 2. The van der Waals surface area contributed by atoms with Crippen LogP contribution in [-0.2, 0) is 4.79 Å². The highest BCUT2D eigenvalue weighted by atomic mass is 16.1. The van der Waals surface area contributed by atoms with E-state index in [9.17, 15) is 4.79 Å². The van der Waals surface area contributed by atoms with Gasteiger partial charge in [0.05, 0.1) is 0 Å². The predicted octanol–water partition coefficient (Wildman–Crippen LogP) is 3.88. The van der Waals surface area contributed by atoms with Gasteiger partial charge in [0.25, 0.3) is 0 Å². The van der Waals surface area contributed by atoms with Crippen LogP contribution in [0, 0.1) is 5.41 Å². The van der Waals surface area contributed by atoms with Gasteiger partial charge in [0, 0.05) is 5.41 Å². The molecule has 0 aliphatic heterocycles. The number of carbonyl (C=O) groups excluding carboxylic acids is 1. The van der Waals surface area contributed by atoms with Crippen molar-refractivity contribution in [1.29, 1.82) is 0 Å². The van der Waals surface area contributed by atoms with E-state index in [1.54, 1.807) is 0 Å². The molecule has 0 aromatic rings. The second-order valence-corrected chi connectivity index (χ2v) is 4.46. The van der Waals surface area contributed by atoms with Crippen LogP contribution < -0.4 is 0 Å². The van der Waals surface area contributed by atoms with Crippen LogP contribution in [0.1, 0.15) is 58.3 Å². The number of hydrogen-bond acceptors (Lipinski definition) is 1. The van der Waals surface area contributed by atoms with E-state index in [2.05, 4.69) is 19.1 Å². The van der Waals surface area contributed by atoms with Crippen molar-refractivity contribution in [2.45, 2.75) is 58.3 Å². The van der Waals surface area contributed by atoms with Crippen LogP contribution >= 0.6 is 0 Å². The number of rotatable bonds is 5. The molecule has 0 saturated heterocycles. The fraction of sp³-hybridized carbons (Fsp3) is 0.769. The maximum atomic E-state index is 11.1. The number of carbonyl (C=O) groups is 1. The summed E-state index contributed by atoms with van der Waals surface area (Å²) in [7, 11) is 0. The van der Waals surface area contributed by atoms with Gasteiger partial charge in [-0.15, -0.1) is 0 Å². The summed E-state index contributed by atoms with van der Waals surface area (Å²) in [6, 6.07) is 0. The van der Waals surface area contributed by atoms with Gasteiger partial charge >= 0.3 is 0 Å². The molecular formula is C13H22O. The highest BCUT2D eigenvalue weighted by Crippen LogP contribution is 2.35. The second-order valence-electron chi connectivity index (χ2n) is 4.46. The fourth-order valence-electron chi connectivity index (χ4n) is 2.17. The zero-order valence-electron chi connectivity index (χ0n) is 9.30. The SMILES string of the molecule is CCCCC=CC1(C=O)CCCCC1. The topological polar surface area (TPSA) is 17.1 Å². The molecule has 1 fully saturated rings. The summed E-state index contributed by atoms with van der Waals surface area (Å²) < 4.78 is 0. The minimum atomic E-state index is -0.0913. The van der Waals surface area contributed by atoms with Gasteiger partial charge in [-0.3, -0.25) is 0 Å². The molecule has 0 atom stereocenters. The summed E-state index contributed by atoms with van der Waals surface area (Å²) in [6.07, 6.45) is 15.0. The Bertz CT molecular complexity index is 187. The Morgan fingerprint density at radius 3 is 2.50 bits per heavy atom. The normalized spacial score (nSPS) is 21.2. The zero-order chi connectivity index (χ0) is 10.3. The number of aldehydes is 1. The van der Waals surface area contributed by atoms with E-state index in [4.69, 9.17) is 0 Å². The number of hydrogen-bond donors (Lipinski definition) is 0. The van der Waals surface area contributed by atoms with Gasteiger partial charge in [-0.2, -0.15) is 0 Å². The smallest absolute Gasteiger partial charge is 0.129 e. The Kier molecular flexibility index (Phi) is 4.92. The molecule has 1 aliphatic carbocycles. The quantitative estimate of drug-likeness (QED) is 0.369. The molecule has 0 aromatic carbocycles. The summed E-state index contributed by atoms with van der Waals surface area (Å²) in [4.78, 5) is 11.1. The highest BCUT2D eigenvalue weighted by molar-refractivity contribution is 5.62. The van der Waals surface area contributed by atoms with E-state index >= 15 is 0 Å². The van der Waals surface area contributed by atoms with Gasteiger partial charge in [0.15, 0.2) is 0 Å². The lowest BCUT2D eigenvalue weighted by Crippen LogP contribution is -2.22. The monoisotopic (exact) mass is 194 g/mol. The van der Waals surface area contributed by atoms with Gasteiger partial charge in [-0.1, -0.05) is 51.2 Å². The van der Waals surface area contributed by atoms with Gasteiger partial charge in [-0.05, 0) is 19.3 Å². The van der Waals surface area contributed by atoms with E-state index in [-0.39, 0.29) is 5.41 Å². The summed E-state index contributed by atoms with van der Waals surface area (Å²) in [5, 5.41) is 0. The maximum Gasteiger partial charge on any atom is 0.129 e. The zero-order valence-corrected chi connectivity index (χ0v) is 9.30. The highest BCUT2D eigenvalue weighted by Gasteiger charge is 2.28. The third-order valence-electron chi connectivity index (χ3n) is 3.19. The fourth-order valence-corrected chi connectivity index (χ4v) is 2.17. The average Bonchev–Trinajstić information content (AvgIpc) is 2.26. The Morgan fingerprint density at radius 2 is 1.93 bits per heavy atom. The van der Waals surface area contributed by atoms with Crippen LogP contribution in [0.15, 0.2) is 12.2 Å². The minimum Gasteiger partial charge on any atom is -0.302 e. The van der Waals surface area contributed by atoms with E-state index in [1.807, 2.05) is 0 Å². The molecule has 1 aliphatic rings. The summed E-state index contributed by atoms with van der Waals surface area (Å²) in [5.41, 5.74) is -0.0913. The van der Waals surface area contributed by atoms with Crippen molar-refractivity contribution in [3.05, 3.63) is 12.2 Å². The molecule has 0 N–H and O–H groups in total. The Balaban J connectivity index is 2.43.